The molecule has 1 N–H and O–H groups in total. The van der Waals surface area contributed by atoms with Crippen molar-refractivity contribution in [3.05, 3.63) is 35.4 Å². The quantitative estimate of drug-likeness (QED) is 0.917. The Bertz CT molecular complexity index is 447. The lowest BCUT2D eigenvalue weighted by molar-refractivity contribution is -0.143. The topological polar surface area (TPSA) is 15.3 Å². The van der Waals surface area contributed by atoms with E-state index in [-0.39, 0.29) is 6.04 Å². The van der Waals surface area contributed by atoms with Gasteiger partial charge in [0.05, 0.1) is 6.54 Å². The number of benzene rings is 1. The van der Waals surface area contributed by atoms with Gasteiger partial charge >= 0.3 is 6.18 Å². The highest BCUT2D eigenvalue weighted by Gasteiger charge is 2.35. The molecule has 1 fully saturated rings. The van der Waals surface area contributed by atoms with Crippen LogP contribution in [0.2, 0.25) is 0 Å². The van der Waals surface area contributed by atoms with Gasteiger partial charge in [-0.15, -0.1) is 0 Å². The van der Waals surface area contributed by atoms with Crippen molar-refractivity contribution in [1.82, 2.24) is 10.2 Å². The first-order valence-electron chi connectivity index (χ1n) is 7.11. The van der Waals surface area contributed by atoms with E-state index in [2.05, 4.69) is 17.4 Å². The fourth-order valence-electron chi connectivity index (χ4n) is 3.38. The molecule has 0 aromatic heterocycles. The van der Waals surface area contributed by atoms with Gasteiger partial charge in [-0.1, -0.05) is 24.3 Å². The summed E-state index contributed by atoms with van der Waals surface area (Å²) in [4.78, 5) is 1.50. The van der Waals surface area contributed by atoms with E-state index in [4.69, 9.17) is 0 Å². The fourth-order valence-corrected chi connectivity index (χ4v) is 3.38. The molecule has 0 amide bonds. The van der Waals surface area contributed by atoms with Crippen molar-refractivity contribution in [2.24, 2.45) is 0 Å². The van der Waals surface area contributed by atoms with E-state index in [1.165, 1.54) is 16.0 Å². The second kappa shape index (κ2) is 5.37. The first-order valence-corrected chi connectivity index (χ1v) is 7.11. The molecule has 0 radical (unpaired) electrons. The Morgan fingerprint density at radius 3 is 2.35 bits per heavy atom. The molecule has 5 heteroatoms. The van der Waals surface area contributed by atoms with Crippen molar-refractivity contribution in [3.63, 3.8) is 0 Å². The third-order valence-corrected chi connectivity index (χ3v) is 4.20. The van der Waals surface area contributed by atoms with Crippen LogP contribution in [0.3, 0.4) is 0 Å². The van der Waals surface area contributed by atoms with Gasteiger partial charge in [-0.3, -0.25) is 4.90 Å². The van der Waals surface area contributed by atoms with Crippen LogP contribution in [0.5, 0.6) is 0 Å². The minimum absolute atomic E-state index is 0.191. The van der Waals surface area contributed by atoms with Crippen molar-refractivity contribution in [2.45, 2.75) is 37.5 Å². The number of fused-ring (bicyclic) bond motifs is 1. The molecule has 110 valence electrons. The summed E-state index contributed by atoms with van der Waals surface area (Å²) in [6.45, 7) is 0.263. The molecule has 0 saturated carbocycles. The first-order chi connectivity index (χ1) is 9.49. The summed E-state index contributed by atoms with van der Waals surface area (Å²) >= 11 is 0. The molecule has 0 unspecified atom stereocenters. The molecule has 0 bridgehead atoms. The zero-order valence-corrected chi connectivity index (χ0v) is 11.3. The van der Waals surface area contributed by atoms with E-state index in [0.29, 0.717) is 19.1 Å². The summed E-state index contributed by atoms with van der Waals surface area (Å²) in [6.07, 6.45) is -1.29. The van der Waals surface area contributed by atoms with Crippen LogP contribution in [0.1, 0.15) is 17.5 Å². The minimum atomic E-state index is -4.08. The van der Waals surface area contributed by atoms with E-state index in [1.54, 1.807) is 0 Å². The normalized spacial score (nSPS) is 24.2. The third-order valence-electron chi connectivity index (χ3n) is 4.20. The number of hydrogen-bond donors (Lipinski definition) is 1. The standard InChI is InChI=1S/C15H19F3N2/c16-15(17,18)10-20-6-5-13(9-20)19-14-7-11-3-1-2-4-12(11)8-14/h1-4,13-14,19H,5-10H2/t13-/m0/s1. The van der Waals surface area contributed by atoms with Crippen molar-refractivity contribution in [2.75, 3.05) is 19.6 Å². The van der Waals surface area contributed by atoms with Crippen LogP contribution in [0, 0.1) is 0 Å². The number of nitrogens with zero attached hydrogens (tertiary/aromatic N) is 1. The van der Waals surface area contributed by atoms with Crippen molar-refractivity contribution >= 4 is 0 Å². The average molecular weight is 284 g/mol. The summed E-state index contributed by atoms with van der Waals surface area (Å²) in [5.41, 5.74) is 2.74. The highest BCUT2D eigenvalue weighted by atomic mass is 19.4. The smallest absolute Gasteiger partial charge is 0.309 e. The molecule has 0 spiro atoms. The Hall–Kier alpha value is -1.07. The highest BCUT2D eigenvalue weighted by Crippen LogP contribution is 2.24. The highest BCUT2D eigenvalue weighted by molar-refractivity contribution is 5.33. The van der Waals surface area contributed by atoms with Crippen LogP contribution < -0.4 is 5.32 Å². The number of alkyl halides is 3. The number of likely N-dealkylation sites (tertiary alicyclic amines) is 1. The predicted molar refractivity (Wildman–Crippen MR) is 71.7 cm³/mol. The largest absolute Gasteiger partial charge is 0.401 e. The SMILES string of the molecule is FC(F)(F)CN1CC[C@H](NC2Cc3ccccc3C2)C1. The maximum Gasteiger partial charge on any atom is 0.401 e. The summed E-state index contributed by atoms with van der Waals surface area (Å²) in [5, 5.41) is 3.53. The molecule has 1 saturated heterocycles. The van der Waals surface area contributed by atoms with Crippen LogP contribution >= 0.6 is 0 Å². The van der Waals surface area contributed by atoms with Gasteiger partial charge in [0.1, 0.15) is 0 Å². The molecule has 1 aliphatic heterocycles. The Morgan fingerprint density at radius 1 is 1.10 bits per heavy atom. The first kappa shape index (κ1) is 13.9. The fraction of sp³-hybridized carbons (Fsp3) is 0.600. The number of nitrogens with one attached hydrogen (secondary N) is 1. The Balaban J connectivity index is 1.49. The molecular formula is C15H19F3N2. The Labute approximate surface area is 117 Å². The van der Waals surface area contributed by atoms with Gasteiger partial charge in [-0.05, 0) is 30.4 Å². The Morgan fingerprint density at radius 2 is 1.75 bits per heavy atom. The Kier molecular flexibility index (Phi) is 3.73. The van der Waals surface area contributed by atoms with Crippen LogP contribution in [-0.4, -0.2) is 42.8 Å². The second-order valence-corrected chi connectivity index (χ2v) is 5.88. The molecule has 1 aliphatic carbocycles. The third kappa shape index (κ3) is 3.33. The molecule has 1 aromatic carbocycles. The van der Waals surface area contributed by atoms with Crippen LogP contribution in [0.4, 0.5) is 13.2 Å². The lowest BCUT2D eigenvalue weighted by Crippen LogP contribution is -2.41. The van der Waals surface area contributed by atoms with E-state index in [9.17, 15) is 13.2 Å². The number of rotatable bonds is 3. The van der Waals surface area contributed by atoms with Crippen molar-refractivity contribution in [1.29, 1.82) is 0 Å². The molecule has 2 aliphatic rings. The van der Waals surface area contributed by atoms with E-state index >= 15 is 0 Å². The molecule has 1 heterocycles. The monoisotopic (exact) mass is 284 g/mol. The molecule has 1 aromatic rings. The van der Waals surface area contributed by atoms with E-state index < -0.39 is 12.7 Å². The van der Waals surface area contributed by atoms with Gasteiger partial charge in [-0.2, -0.15) is 13.2 Å². The molecule has 2 nitrogen and oxygen atoms in total. The molecule has 1 atom stereocenters. The van der Waals surface area contributed by atoms with E-state index in [0.717, 1.165) is 19.3 Å². The average Bonchev–Trinajstić information content (AvgIpc) is 2.93. The predicted octanol–water partition coefficient (Wildman–Crippen LogP) is 2.38. The maximum atomic E-state index is 12.4. The lowest BCUT2D eigenvalue weighted by atomic mass is 10.1. The minimum Gasteiger partial charge on any atom is -0.309 e. The van der Waals surface area contributed by atoms with Gasteiger partial charge in [-0.25, -0.2) is 0 Å². The van der Waals surface area contributed by atoms with E-state index in [1.807, 2.05) is 12.1 Å². The number of hydrogen-bond acceptors (Lipinski definition) is 2. The summed E-state index contributed by atoms with van der Waals surface area (Å²) in [5.74, 6) is 0. The van der Waals surface area contributed by atoms with Crippen LogP contribution in [0.25, 0.3) is 0 Å². The zero-order chi connectivity index (χ0) is 14.2. The van der Waals surface area contributed by atoms with Crippen LogP contribution in [0.15, 0.2) is 24.3 Å². The second-order valence-electron chi connectivity index (χ2n) is 5.88. The molecule has 20 heavy (non-hydrogen) atoms. The lowest BCUT2D eigenvalue weighted by Gasteiger charge is -2.20. The summed E-state index contributed by atoms with van der Waals surface area (Å²) in [7, 11) is 0. The zero-order valence-electron chi connectivity index (χ0n) is 11.3. The summed E-state index contributed by atoms with van der Waals surface area (Å²) < 4.78 is 37.1. The van der Waals surface area contributed by atoms with Gasteiger partial charge in [0, 0.05) is 25.2 Å². The maximum absolute atomic E-state index is 12.4. The van der Waals surface area contributed by atoms with Crippen molar-refractivity contribution in [3.8, 4) is 0 Å². The van der Waals surface area contributed by atoms with Crippen LogP contribution in [-0.2, 0) is 12.8 Å². The number of halogens is 3. The van der Waals surface area contributed by atoms with Gasteiger partial charge in [0.25, 0.3) is 0 Å². The molecule has 3 rings (SSSR count). The van der Waals surface area contributed by atoms with Gasteiger partial charge in [0.15, 0.2) is 0 Å². The van der Waals surface area contributed by atoms with Gasteiger partial charge < -0.3 is 5.32 Å². The van der Waals surface area contributed by atoms with Gasteiger partial charge in [0.2, 0.25) is 0 Å². The molecular weight excluding hydrogens is 265 g/mol. The summed E-state index contributed by atoms with van der Waals surface area (Å²) in [6, 6.07) is 8.94. The van der Waals surface area contributed by atoms with Crippen molar-refractivity contribution < 1.29 is 13.2 Å².